The molecule has 54 valence electrons. The molecule has 1 atom stereocenters. The van der Waals surface area contributed by atoms with Crippen molar-refractivity contribution in [3.05, 3.63) is 17.0 Å². The van der Waals surface area contributed by atoms with E-state index in [1.54, 1.807) is 0 Å². The normalized spacial score (nSPS) is 13.0. The Kier molecular flexibility index (Phi) is 1.76. The topological polar surface area (TPSA) is 90.8 Å². The monoisotopic (exact) mass is 144 g/mol. The van der Waals surface area contributed by atoms with Crippen LogP contribution in [0.5, 0.6) is 0 Å². The van der Waals surface area contributed by atoms with Gasteiger partial charge in [0.05, 0.1) is 6.07 Å². The number of rotatable bonds is 2. The molecule has 2 N–H and O–H groups in total. The molecule has 0 bridgehead atoms. The highest BCUT2D eigenvalue weighted by molar-refractivity contribution is 5.70. The summed E-state index contributed by atoms with van der Waals surface area (Å²) < 4.78 is 4.28. The maximum Gasteiger partial charge on any atom is 0.297 e. The molecule has 1 aromatic heterocycles. The molecule has 0 amide bonds. The summed E-state index contributed by atoms with van der Waals surface area (Å²) in [5, 5.41) is 20.2. The van der Waals surface area contributed by atoms with E-state index in [9.17, 15) is 10.0 Å². The van der Waals surface area contributed by atoms with Crippen molar-refractivity contribution >= 4 is 12.1 Å². The van der Waals surface area contributed by atoms with Crippen LogP contribution in [0.4, 0.5) is 5.82 Å². The van der Waals surface area contributed by atoms with Crippen molar-refractivity contribution in [1.82, 2.24) is 5.16 Å². The minimum atomic E-state index is -1.21. The van der Waals surface area contributed by atoms with Crippen LogP contribution >= 0.6 is 0 Å². The first-order valence-corrected chi connectivity index (χ1v) is 2.39. The van der Waals surface area contributed by atoms with Gasteiger partial charge in [-0.2, -0.15) is 5.23 Å². The third-order valence-corrected chi connectivity index (χ3v) is 0.864. The van der Waals surface area contributed by atoms with Gasteiger partial charge in [-0.3, -0.25) is 4.79 Å². The number of quaternary nitrogens is 1. The van der Waals surface area contributed by atoms with Gasteiger partial charge in [-0.1, -0.05) is 0 Å². The largest absolute Gasteiger partial charge is 0.594 e. The lowest BCUT2D eigenvalue weighted by Gasteiger charge is -2.04. The average Bonchev–Trinajstić information content (AvgIpc) is 2.34. The predicted molar refractivity (Wildman–Crippen MR) is 27.7 cm³/mol. The highest BCUT2D eigenvalue weighted by atomic mass is 16.8. The SMILES string of the molecule is O=Cc1cc([NH+]([O-])O)no1. The van der Waals surface area contributed by atoms with Crippen LogP contribution in [0.15, 0.2) is 10.6 Å². The zero-order valence-corrected chi connectivity index (χ0v) is 4.77. The van der Waals surface area contributed by atoms with E-state index in [0.717, 1.165) is 6.07 Å². The Morgan fingerprint density at radius 2 is 2.60 bits per heavy atom. The Labute approximate surface area is 55.2 Å². The minimum Gasteiger partial charge on any atom is -0.594 e. The standard InChI is InChI=1S/C4H4N2O4/c7-2-3-1-4(5-10-3)6(8)9/h1-2,6,8H. The van der Waals surface area contributed by atoms with Crippen LogP contribution < -0.4 is 5.23 Å². The summed E-state index contributed by atoms with van der Waals surface area (Å²) in [6.07, 6.45) is 0.388. The van der Waals surface area contributed by atoms with E-state index in [4.69, 9.17) is 5.21 Å². The number of aromatic nitrogens is 1. The number of nitrogens with one attached hydrogen (secondary N) is 1. The molecule has 0 aromatic carbocycles. The summed E-state index contributed by atoms with van der Waals surface area (Å²) in [7, 11) is 0. The van der Waals surface area contributed by atoms with Gasteiger partial charge < -0.3 is 9.73 Å². The second-order valence-corrected chi connectivity index (χ2v) is 1.54. The molecule has 6 heteroatoms. The first kappa shape index (κ1) is 6.87. The lowest BCUT2D eigenvalue weighted by Crippen LogP contribution is -2.99. The average molecular weight is 144 g/mol. The van der Waals surface area contributed by atoms with Crippen LogP contribution in [0.25, 0.3) is 0 Å². The lowest BCUT2D eigenvalue weighted by molar-refractivity contribution is -0.993. The fraction of sp³-hybridized carbons (Fsp3) is 0. The van der Waals surface area contributed by atoms with Crippen LogP contribution in [0, 0.1) is 5.21 Å². The molecular weight excluding hydrogens is 140 g/mol. The number of carbonyl (C=O) groups excluding carboxylic acids is 1. The smallest absolute Gasteiger partial charge is 0.297 e. The zero-order chi connectivity index (χ0) is 7.56. The van der Waals surface area contributed by atoms with Crippen LogP contribution in [0.2, 0.25) is 0 Å². The predicted octanol–water partition coefficient (Wildman–Crippen LogP) is -1.11. The van der Waals surface area contributed by atoms with Gasteiger partial charge in [0, 0.05) is 0 Å². The van der Waals surface area contributed by atoms with E-state index in [0.29, 0.717) is 6.29 Å². The summed E-state index contributed by atoms with van der Waals surface area (Å²) in [5.74, 6) is -0.348. The molecule has 0 aliphatic heterocycles. The van der Waals surface area contributed by atoms with E-state index < -0.39 is 5.23 Å². The summed E-state index contributed by atoms with van der Waals surface area (Å²) in [6.45, 7) is 0. The van der Waals surface area contributed by atoms with Gasteiger partial charge in [-0.15, -0.1) is 0 Å². The fourth-order valence-electron chi connectivity index (χ4n) is 0.446. The number of carbonyl (C=O) groups is 1. The van der Waals surface area contributed by atoms with Crippen molar-refractivity contribution in [2.45, 2.75) is 0 Å². The third-order valence-electron chi connectivity index (χ3n) is 0.864. The van der Waals surface area contributed by atoms with E-state index in [1.165, 1.54) is 0 Å². The summed E-state index contributed by atoms with van der Waals surface area (Å²) >= 11 is 0. The zero-order valence-electron chi connectivity index (χ0n) is 4.77. The molecule has 0 fully saturated rings. The third kappa shape index (κ3) is 1.18. The van der Waals surface area contributed by atoms with Gasteiger partial charge in [0.1, 0.15) is 0 Å². The molecule has 1 aromatic rings. The van der Waals surface area contributed by atoms with E-state index in [-0.39, 0.29) is 11.6 Å². The Bertz CT molecular complexity index is 231. The molecule has 0 spiro atoms. The lowest BCUT2D eigenvalue weighted by atomic mass is 10.5. The second kappa shape index (κ2) is 2.56. The van der Waals surface area contributed by atoms with Crippen molar-refractivity contribution in [1.29, 1.82) is 0 Å². The molecule has 0 aliphatic rings. The highest BCUT2D eigenvalue weighted by Crippen LogP contribution is 1.99. The van der Waals surface area contributed by atoms with Crippen molar-refractivity contribution in [3.8, 4) is 0 Å². The molecule has 0 saturated heterocycles. The molecule has 6 nitrogen and oxygen atoms in total. The van der Waals surface area contributed by atoms with Gasteiger partial charge in [-0.25, -0.2) is 5.21 Å². The Hall–Kier alpha value is -1.24. The Morgan fingerprint density at radius 3 is 2.90 bits per heavy atom. The quantitative estimate of drug-likeness (QED) is 0.405. The van der Waals surface area contributed by atoms with Crippen molar-refractivity contribution in [2.75, 3.05) is 0 Å². The first-order valence-electron chi connectivity index (χ1n) is 2.39. The van der Waals surface area contributed by atoms with Crippen LogP contribution in [0.3, 0.4) is 0 Å². The van der Waals surface area contributed by atoms with Crippen LogP contribution in [0.1, 0.15) is 10.6 Å². The van der Waals surface area contributed by atoms with Crippen molar-refractivity contribution in [2.24, 2.45) is 0 Å². The fourth-order valence-corrected chi connectivity index (χ4v) is 0.446. The van der Waals surface area contributed by atoms with Gasteiger partial charge in [0.2, 0.25) is 5.76 Å². The van der Waals surface area contributed by atoms with E-state index in [1.807, 2.05) is 0 Å². The molecule has 0 saturated carbocycles. The van der Waals surface area contributed by atoms with Crippen molar-refractivity contribution in [3.63, 3.8) is 0 Å². The van der Waals surface area contributed by atoms with Gasteiger partial charge in [0.25, 0.3) is 5.82 Å². The summed E-state index contributed by atoms with van der Waals surface area (Å²) in [5.41, 5.74) is 0. The molecule has 1 unspecified atom stereocenters. The van der Waals surface area contributed by atoms with Crippen molar-refractivity contribution < 1.29 is 19.8 Å². The number of hydrogen-bond acceptors (Lipinski definition) is 5. The molecule has 0 radical (unpaired) electrons. The minimum absolute atomic E-state index is 0.0857. The molecule has 1 heterocycles. The Morgan fingerprint density at radius 1 is 1.90 bits per heavy atom. The molecule has 10 heavy (non-hydrogen) atoms. The maximum atomic E-state index is 10.1. The van der Waals surface area contributed by atoms with Gasteiger partial charge in [0.15, 0.2) is 6.29 Å². The van der Waals surface area contributed by atoms with Gasteiger partial charge in [-0.05, 0) is 5.16 Å². The van der Waals surface area contributed by atoms with Crippen LogP contribution in [-0.2, 0) is 0 Å². The van der Waals surface area contributed by atoms with Gasteiger partial charge >= 0.3 is 0 Å². The first-order chi connectivity index (χ1) is 4.74. The highest BCUT2D eigenvalue weighted by Gasteiger charge is 2.07. The number of hydrogen-bond donors (Lipinski definition) is 2. The van der Waals surface area contributed by atoms with Crippen LogP contribution in [-0.4, -0.2) is 16.7 Å². The molecular formula is C4H4N2O4. The number of nitrogens with zero attached hydrogens (tertiary/aromatic N) is 1. The molecule has 0 aliphatic carbocycles. The second-order valence-electron chi connectivity index (χ2n) is 1.54. The maximum absolute atomic E-state index is 10.1. The van der Waals surface area contributed by atoms with E-state index >= 15 is 0 Å². The van der Waals surface area contributed by atoms with E-state index in [2.05, 4.69) is 9.68 Å². The Balaban J connectivity index is 2.88. The summed E-state index contributed by atoms with van der Waals surface area (Å²) in [6, 6.07) is 1.05. The number of aldehydes is 1. The molecule has 1 rings (SSSR count). The summed E-state index contributed by atoms with van der Waals surface area (Å²) in [4.78, 5) is 9.92.